The molecule has 0 amide bonds. The Labute approximate surface area is 93.5 Å². The Kier molecular flexibility index (Phi) is 4.05. The van der Waals surface area contributed by atoms with E-state index in [-0.39, 0.29) is 11.5 Å². The number of aryl methyl sites for hydroxylation is 1. The Balaban J connectivity index is 2.56. The summed E-state index contributed by atoms with van der Waals surface area (Å²) in [7, 11) is 0. The highest BCUT2D eigenvalue weighted by molar-refractivity contribution is 5.87. The molecule has 1 rings (SSSR count). The number of carbonyl (C=O) groups is 2. The van der Waals surface area contributed by atoms with Gasteiger partial charge in [-0.25, -0.2) is 4.79 Å². The maximum atomic E-state index is 10.6. The normalized spacial score (nSPS) is 12.1. The van der Waals surface area contributed by atoms with Crippen LogP contribution in [-0.4, -0.2) is 22.2 Å². The highest BCUT2D eigenvalue weighted by atomic mass is 16.4. The molecule has 1 unspecified atom stereocenters. The van der Waals surface area contributed by atoms with Crippen molar-refractivity contribution in [2.75, 3.05) is 0 Å². The van der Waals surface area contributed by atoms with Gasteiger partial charge in [0.25, 0.3) is 0 Å². The average molecular weight is 222 g/mol. The van der Waals surface area contributed by atoms with Gasteiger partial charge in [-0.15, -0.1) is 0 Å². The largest absolute Gasteiger partial charge is 0.481 e. The van der Waals surface area contributed by atoms with Gasteiger partial charge in [0.2, 0.25) is 0 Å². The van der Waals surface area contributed by atoms with Gasteiger partial charge in [-0.2, -0.15) is 0 Å². The van der Waals surface area contributed by atoms with Crippen LogP contribution in [0.4, 0.5) is 0 Å². The molecule has 16 heavy (non-hydrogen) atoms. The molecule has 0 aliphatic heterocycles. The number of carboxylic acids is 2. The number of benzene rings is 1. The highest BCUT2D eigenvalue weighted by Crippen LogP contribution is 2.11. The Morgan fingerprint density at radius 3 is 2.19 bits per heavy atom. The van der Waals surface area contributed by atoms with Gasteiger partial charge in [0.15, 0.2) is 0 Å². The number of hydrogen-bond acceptors (Lipinski definition) is 2. The zero-order chi connectivity index (χ0) is 12.1. The van der Waals surface area contributed by atoms with Gasteiger partial charge in [-0.05, 0) is 30.5 Å². The van der Waals surface area contributed by atoms with Crippen LogP contribution in [0.25, 0.3) is 0 Å². The van der Waals surface area contributed by atoms with Gasteiger partial charge in [0.05, 0.1) is 11.5 Å². The molecule has 86 valence electrons. The summed E-state index contributed by atoms with van der Waals surface area (Å²) < 4.78 is 0. The molecule has 0 saturated carbocycles. The minimum absolute atomic E-state index is 0.245. The average Bonchev–Trinajstić information content (AvgIpc) is 2.26. The standard InChI is InChI=1S/C12H14O4/c1-8(11(13)14)2-3-9-4-6-10(7-5-9)12(15)16/h4-8H,2-3H2,1H3,(H,13,14)(H,15,16). The van der Waals surface area contributed by atoms with Crippen molar-refractivity contribution in [2.45, 2.75) is 19.8 Å². The summed E-state index contributed by atoms with van der Waals surface area (Å²) in [4.78, 5) is 21.2. The summed E-state index contributed by atoms with van der Waals surface area (Å²) in [6, 6.07) is 6.50. The molecule has 0 aliphatic rings. The van der Waals surface area contributed by atoms with Gasteiger partial charge in [-0.1, -0.05) is 19.1 Å². The van der Waals surface area contributed by atoms with E-state index in [0.717, 1.165) is 5.56 Å². The van der Waals surface area contributed by atoms with Crippen LogP contribution in [0.1, 0.15) is 29.3 Å². The van der Waals surface area contributed by atoms with Crippen molar-refractivity contribution in [2.24, 2.45) is 5.92 Å². The van der Waals surface area contributed by atoms with Crippen LogP contribution in [0, 0.1) is 5.92 Å². The zero-order valence-corrected chi connectivity index (χ0v) is 9.01. The second-order valence-electron chi connectivity index (χ2n) is 3.78. The van der Waals surface area contributed by atoms with E-state index in [1.54, 1.807) is 19.1 Å². The van der Waals surface area contributed by atoms with Crippen molar-refractivity contribution in [1.29, 1.82) is 0 Å². The lowest BCUT2D eigenvalue weighted by atomic mass is 10.0. The van der Waals surface area contributed by atoms with Crippen LogP contribution >= 0.6 is 0 Å². The van der Waals surface area contributed by atoms with Crippen LogP contribution in [0.2, 0.25) is 0 Å². The highest BCUT2D eigenvalue weighted by Gasteiger charge is 2.10. The van der Waals surface area contributed by atoms with Crippen LogP contribution < -0.4 is 0 Å². The summed E-state index contributed by atoms with van der Waals surface area (Å²) in [5, 5.41) is 17.4. The second-order valence-corrected chi connectivity index (χ2v) is 3.78. The quantitative estimate of drug-likeness (QED) is 0.799. The summed E-state index contributed by atoms with van der Waals surface area (Å²) in [6.45, 7) is 1.66. The number of rotatable bonds is 5. The first-order valence-electron chi connectivity index (χ1n) is 5.05. The van der Waals surface area contributed by atoms with E-state index >= 15 is 0 Å². The van der Waals surface area contributed by atoms with E-state index in [0.29, 0.717) is 12.8 Å². The molecule has 1 aromatic carbocycles. The first-order chi connectivity index (χ1) is 7.50. The molecule has 1 aromatic rings. The van der Waals surface area contributed by atoms with E-state index in [4.69, 9.17) is 10.2 Å². The summed E-state index contributed by atoms with van der Waals surface area (Å²) in [6.07, 6.45) is 1.20. The van der Waals surface area contributed by atoms with Gasteiger partial charge in [-0.3, -0.25) is 4.79 Å². The maximum Gasteiger partial charge on any atom is 0.335 e. The Bertz CT molecular complexity index is 381. The molecule has 2 N–H and O–H groups in total. The molecule has 0 aliphatic carbocycles. The number of aromatic carboxylic acids is 1. The van der Waals surface area contributed by atoms with Gasteiger partial charge < -0.3 is 10.2 Å². The van der Waals surface area contributed by atoms with E-state index < -0.39 is 11.9 Å². The SMILES string of the molecule is CC(CCc1ccc(C(=O)O)cc1)C(=O)O. The molecule has 0 spiro atoms. The molecular formula is C12H14O4. The lowest BCUT2D eigenvalue weighted by Crippen LogP contribution is -2.10. The number of hydrogen-bond donors (Lipinski definition) is 2. The molecule has 4 nitrogen and oxygen atoms in total. The Morgan fingerprint density at radius 2 is 1.75 bits per heavy atom. The number of carboxylic acid groups (broad SMARTS) is 2. The van der Waals surface area contributed by atoms with Gasteiger partial charge in [0, 0.05) is 0 Å². The van der Waals surface area contributed by atoms with E-state index in [1.807, 2.05) is 0 Å². The summed E-state index contributed by atoms with van der Waals surface area (Å²) in [5.41, 5.74) is 1.20. The smallest absolute Gasteiger partial charge is 0.335 e. The molecule has 0 heterocycles. The molecule has 1 atom stereocenters. The van der Waals surface area contributed by atoms with Gasteiger partial charge in [0.1, 0.15) is 0 Å². The first kappa shape index (κ1) is 12.2. The van der Waals surface area contributed by atoms with Crippen molar-refractivity contribution < 1.29 is 19.8 Å². The monoisotopic (exact) mass is 222 g/mol. The number of aliphatic carboxylic acids is 1. The van der Waals surface area contributed by atoms with Crippen molar-refractivity contribution in [3.63, 3.8) is 0 Å². The minimum Gasteiger partial charge on any atom is -0.481 e. The predicted octanol–water partition coefficient (Wildman–Crippen LogP) is 2.04. The zero-order valence-electron chi connectivity index (χ0n) is 9.01. The van der Waals surface area contributed by atoms with Crippen LogP contribution in [0.3, 0.4) is 0 Å². The van der Waals surface area contributed by atoms with Crippen molar-refractivity contribution in [1.82, 2.24) is 0 Å². The second kappa shape index (κ2) is 5.30. The first-order valence-corrected chi connectivity index (χ1v) is 5.05. The fourth-order valence-electron chi connectivity index (χ4n) is 1.32. The summed E-state index contributed by atoms with van der Waals surface area (Å²) >= 11 is 0. The summed E-state index contributed by atoms with van der Waals surface area (Å²) in [5.74, 6) is -2.13. The van der Waals surface area contributed by atoms with Crippen LogP contribution in [0.15, 0.2) is 24.3 Å². The molecule has 4 heteroatoms. The fraction of sp³-hybridized carbons (Fsp3) is 0.333. The van der Waals surface area contributed by atoms with Crippen LogP contribution in [-0.2, 0) is 11.2 Å². The lowest BCUT2D eigenvalue weighted by Gasteiger charge is -2.05. The van der Waals surface area contributed by atoms with Crippen molar-refractivity contribution >= 4 is 11.9 Å². The third-order valence-corrected chi connectivity index (χ3v) is 2.49. The third-order valence-electron chi connectivity index (χ3n) is 2.49. The molecule has 0 radical (unpaired) electrons. The van der Waals surface area contributed by atoms with E-state index in [2.05, 4.69) is 0 Å². The molecule has 0 aromatic heterocycles. The topological polar surface area (TPSA) is 74.6 Å². The van der Waals surface area contributed by atoms with E-state index in [1.165, 1.54) is 12.1 Å². The molecule has 0 bridgehead atoms. The molecular weight excluding hydrogens is 208 g/mol. The Hall–Kier alpha value is -1.84. The Morgan fingerprint density at radius 1 is 1.19 bits per heavy atom. The van der Waals surface area contributed by atoms with Crippen molar-refractivity contribution in [3.05, 3.63) is 35.4 Å². The predicted molar refractivity (Wildman–Crippen MR) is 58.5 cm³/mol. The van der Waals surface area contributed by atoms with Gasteiger partial charge >= 0.3 is 11.9 Å². The third kappa shape index (κ3) is 3.38. The van der Waals surface area contributed by atoms with E-state index in [9.17, 15) is 9.59 Å². The minimum atomic E-state index is -0.953. The van der Waals surface area contributed by atoms with Crippen LogP contribution in [0.5, 0.6) is 0 Å². The lowest BCUT2D eigenvalue weighted by molar-refractivity contribution is -0.141. The van der Waals surface area contributed by atoms with Crippen molar-refractivity contribution in [3.8, 4) is 0 Å². The molecule has 0 fully saturated rings. The maximum absolute atomic E-state index is 10.6. The fourth-order valence-corrected chi connectivity index (χ4v) is 1.32. The molecule has 0 saturated heterocycles.